The second kappa shape index (κ2) is 9.24. The molecular formula is C24H28N4O. The maximum atomic E-state index is 12.7. The minimum Gasteiger partial charge on any atom is -0.372 e. The van der Waals surface area contributed by atoms with Crippen molar-refractivity contribution >= 4 is 28.7 Å². The van der Waals surface area contributed by atoms with Crippen LogP contribution in [0.15, 0.2) is 66.9 Å². The molecular weight excluding hydrogens is 360 g/mol. The Labute approximate surface area is 173 Å². The van der Waals surface area contributed by atoms with Crippen LogP contribution in [0.2, 0.25) is 0 Å². The van der Waals surface area contributed by atoms with Crippen molar-refractivity contribution in [3.05, 3.63) is 78.1 Å². The number of carbonyl (C=O) groups excluding carboxylic acids is 1. The summed E-state index contributed by atoms with van der Waals surface area (Å²) in [6, 6.07) is 19.6. The van der Waals surface area contributed by atoms with Crippen LogP contribution in [0.3, 0.4) is 0 Å². The number of aryl methyl sites for hydroxylation is 1. The number of para-hydroxylation sites is 1. The van der Waals surface area contributed by atoms with Gasteiger partial charge in [-0.25, -0.2) is 4.98 Å². The van der Waals surface area contributed by atoms with Gasteiger partial charge in [-0.1, -0.05) is 18.2 Å². The average Bonchev–Trinajstić information content (AvgIpc) is 2.76. The van der Waals surface area contributed by atoms with Gasteiger partial charge in [0.15, 0.2) is 0 Å². The molecule has 5 heteroatoms. The molecule has 150 valence electrons. The first-order chi connectivity index (χ1) is 14.0. The minimum absolute atomic E-state index is 0.137. The van der Waals surface area contributed by atoms with Gasteiger partial charge in [0, 0.05) is 37.2 Å². The number of nitrogens with zero attached hydrogens (tertiary/aromatic N) is 3. The lowest BCUT2D eigenvalue weighted by molar-refractivity contribution is 0.0988. The number of carbonyl (C=O) groups is 1. The molecule has 0 radical (unpaired) electrons. The van der Waals surface area contributed by atoms with Crippen LogP contribution in [0.25, 0.3) is 0 Å². The van der Waals surface area contributed by atoms with E-state index in [0.717, 1.165) is 30.2 Å². The third-order valence-electron chi connectivity index (χ3n) is 5.05. The number of hydrogen-bond donors (Lipinski definition) is 1. The first kappa shape index (κ1) is 20.4. The van der Waals surface area contributed by atoms with Crippen molar-refractivity contribution in [2.75, 3.05) is 35.3 Å². The van der Waals surface area contributed by atoms with E-state index >= 15 is 0 Å². The zero-order valence-electron chi connectivity index (χ0n) is 17.5. The quantitative estimate of drug-likeness (QED) is 0.600. The van der Waals surface area contributed by atoms with E-state index in [-0.39, 0.29) is 5.91 Å². The van der Waals surface area contributed by atoms with Gasteiger partial charge in [0.1, 0.15) is 5.69 Å². The maximum absolute atomic E-state index is 12.7. The number of anilines is 4. The Balaban J connectivity index is 1.71. The van der Waals surface area contributed by atoms with E-state index in [4.69, 9.17) is 0 Å². The van der Waals surface area contributed by atoms with E-state index in [1.165, 1.54) is 11.3 Å². The molecule has 0 fully saturated rings. The highest BCUT2D eigenvalue weighted by Gasteiger charge is 2.14. The van der Waals surface area contributed by atoms with Crippen LogP contribution in [-0.2, 0) is 0 Å². The molecule has 1 heterocycles. The van der Waals surface area contributed by atoms with Gasteiger partial charge in [0.25, 0.3) is 5.91 Å². The van der Waals surface area contributed by atoms with Crippen LogP contribution in [0.1, 0.15) is 29.9 Å². The van der Waals surface area contributed by atoms with E-state index in [1.807, 2.05) is 36.4 Å². The van der Waals surface area contributed by atoms with Crippen LogP contribution >= 0.6 is 0 Å². The summed E-state index contributed by atoms with van der Waals surface area (Å²) in [6.45, 7) is 8.39. The molecule has 3 rings (SSSR count). The normalized spacial score (nSPS) is 10.5. The first-order valence-electron chi connectivity index (χ1n) is 9.95. The Morgan fingerprint density at radius 2 is 1.69 bits per heavy atom. The molecule has 1 N–H and O–H groups in total. The van der Waals surface area contributed by atoms with Gasteiger partial charge in [-0.3, -0.25) is 4.79 Å². The molecule has 0 bridgehead atoms. The molecule has 3 aromatic rings. The topological polar surface area (TPSA) is 48.5 Å². The maximum Gasteiger partial charge on any atom is 0.276 e. The van der Waals surface area contributed by atoms with Crippen LogP contribution < -0.4 is 15.1 Å². The number of benzene rings is 2. The van der Waals surface area contributed by atoms with Crippen LogP contribution in [-0.4, -0.2) is 31.0 Å². The number of amides is 1. The summed E-state index contributed by atoms with van der Waals surface area (Å²) >= 11 is 0. The lowest BCUT2D eigenvalue weighted by Crippen LogP contribution is -2.26. The van der Waals surface area contributed by atoms with Gasteiger partial charge in [0.2, 0.25) is 0 Å². The van der Waals surface area contributed by atoms with Gasteiger partial charge in [-0.2, -0.15) is 0 Å². The fourth-order valence-electron chi connectivity index (χ4n) is 3.26. The molecule has 5 nitrogen and oxygen atoms in total. The molecule has 0 saturated heterocycles. The summed E-state index contributed by atoms with van der Waals surface area (Å²) < 4.78 is 0. The summed E-state index contributed by atoms with van der Waals surface area (Å²) in [5.41, 5.74) is 5.52. The lowest BCUT2D eigenvalue weighted by Gasteiger charge is -2.22. The molecule has 0 saturated carbocycles. The van der Waals surface area contributed by atoms with Crippen molar-refractivity contribution in [3.8, 4) is 0 Å². The van der Waals surface area contributed by atoms with Gasteiger partial charge in [0.05, 0.1) is 11.9 Å². The molecule has 2 aromatic carbocycles. The van der Waals surface area contributed by atoms with E-state index in [1.54, 1.807) is 24.2 Å². The Morgan fingerprint density at radius 3 is 2.28 bits per heavy atom. The zero-order chi connectivity index (χ0) is 20.8. The lowest BCUT2D eigenvalue weighted by atomic mass is 10.1. The van der Waals surface area contributed by atoms with E-state index < -0.39 is 0 Å². The van der Waals surface area contributed by atoms with E-state index in [0.29, 0.717) is 5.69 Å². The molecule has 0 unspecified atom stereocenters. The van der Waals surface area contributed by atoms with Crippen LogP contribution in [0.5, 0.6) is 0 Å². The summed E-state index contributed by atoms with van der Waals surface area (Å²) in [4.78, 5) is 21.0. The third-order valence-corrected chi connectivity index (χ3v) is 5.05. The van der Waals surface area contributed by atoms with E-state index in [9.17, 15) is 4.79 Å². The molecule has 29 heavy (non-hydrogen) atoms. The van der Waals surface area contributed by atoms with Crippen molar-refractivity contribution in [2.24, 2.45) is 0 Å². The molecule has 0 atom stereocenters. The third kappa shape index (κ3) is 4.74. The number of rotatable bonds is 7. The largest absolute Gasteiger partial charge is 0.372 e. The van der Waals surface area contributed by atoms with Gasteiger partial charge >= 0.3 is 0 Å². The van der Waals surface area contributed by atoms with Gasteiger partial charge in [-0.15, -0.1) is 0 Å². The minimum atomic E-state index is -0.137. The second-order valence-corrected chi connectivity index (χ2v) is 6.93. The summed E-state index contributed by atoms with van der Waals surface area (Å²) in [7, 11) is 1.76. The van der Waals surface area contributed by atoms with Gasteiger partial charge < -0.3 is 15.1 Å². The zero-order valence-corrected chi connectivity index (χ0v) is 17.5. The van der Waals surface area contributed by atoms with Gasteiger partial charge in [-0.05, 0) is 68.8 Å². The highest BCUT2D eigenvalue weighted by atomic mass is 16.2. The molecule has 1 aromatic heterocycles. The summed E-state index contributed by atoms with van der Waals surface area (Å²) in [6.07, 6.45) is 1.70. The highest BCUT2D eigenvalue weighted by molar-refractivity contribution is 6.04. The molecule has 0 aliphatic carbocycles. The second-order valence-electron chi connectivity index (χ2n) is 6.93. The fraction of sp³-hybridized carbons (Fsp3) is 0.250. The van der Waals surface area contributed by atoms with Crippen molar-refractivity contribution < 1.29 is 4.79 Å². The number of hydrogen-bond acceptors (Lipinski definition) is 4. The van der Waals surface area contributed by atoms with Crippen LogP contribution in [0.4, 0.5) is 22.7 Å². The summed E-state index contributed by atoms with van der Waals surface area (Å²) in [5.74, 6) is -0.137. The Bertz CT molecular complexity index is 950. The first-order valence-corrected chi connectivity index (χ1v) is 9.95. The average molecular weight is 389 g/mol. The van der Waals surface area contributed by atoms with Crippen molar-refractivity contribution in [3.63, 3.8) is 0 Å². The fourth-order valence-corrected chi connectivity index (χ4v) is 3.26. The number of aromatic nitrogens is 1. The van der Waals surface area contributed by atoms with Crippen LogP contribution in [0, 0.1) is 6.92 Å². The molecule has 0 aliphatic heterocycles. The highest BCUT2D eigenvalue weighted by Crippen LogP contribution is 2.25. The van der Waals surface area contributed by atoms with Crippen molar-refractivity contribution in [2.45, 2.75) is 20.8 Å². The van der Waals surface area contributed by atoms with Crippen molar-refractivity contribution in [1.82, 2.24) is 4.98 Å². The van der Waals surface area contributed by atoms with Crippen molar-refractivity contribution in [1.29, 1.82) is 0 Å². The predicted molar refractivity (Wildman–Crippen MR) is 121 cm³/mol. The Hall–Kier alpha value is -3.34. The predicted octanol–water partition coefficient (Wildman–Crippen LogP) is 5.26. The molecule has 0 aliphatic rings. The standard InChI is InChI=1S/C24H28N4O/c1-5-28(6-2)21-13-15-22(18(3)16-21)26-19-12-14-23(25-17-19)24(29)27(4)20-10-8-7-9-11-20/h7-17,26H,5-6H2,1-4H3. The monoisotopic (exact) mass is 388 g/mol. The van der Waals surface area contributed by atoms with E-state index in [2.05, 4.69) is 54.2 Å². The Morgan fingerprint density at radius 1 is 0.966 bits per heavy atom. The number of nitrogens with one attached hydrogen (secondary N) is 1. The smallest absolute Gasteiger partial charge is 0.276 e. The SMILES string of the molecule is CCN(CC)c1ccc(Nc2ccc(C(=O)N(C)c3ccccc3)nc2)c(C)c1. The number of pyridine rings is 1. The molecule has 1 amide bonds. The molecule has 0 spiro atoms. The Kier molecular flexibility index (Phi) is 6.50. The summed E-state index contributed by atoms with van der Waals surface area (Å²) in [5, 5.41) is 3.40.